The number of aryl methyl sites for hydroxylation is 1. The minimum absolute atomic E-state index is 0.293. The van der Waals surface area contributed by atoms with Gasteiger partial charge in [-0.05, 0) is 38.6 Å². The Morgan fingerprint density at radius 1 is 1.29 bits per heavy atom. The average molecular weight is 314 g/mol. The van der Waals surface area contributed by atoms with Crippen LogP contribution in [-0.4, -0.2) is 32.2 Å². The summed E-state index contributed by atoms with van der Waals surface area (Å²) in [7, 11) is -1.72. The van der Waals surface area contributed by atoms with Crippen molar-refractivity contribution in [1.82, 2.24) is 20.2 Å². The zero-order valence-electron chi connectivity index (χ0n) is 13.1. The molecule has 1 aliphatic rings. The van der Waals surface area contributed by atoms with Crippen molar-refractivity contribution in [2.75, 3.05) is 13.6 Å². The summed E-state index contributed by atoms with van der Waals surface area (Å²) in [4.78, 5) is 0.293. The molecule has 1 saturated carbocycles. The molecule has 1 aliphatic carbocycles. The molecule has 2 rings (SSSR count). The van der Waals surface area contributed by atoms with Crippen LogP contribution < -0.4 is 10.0 Å². The highest BCUT2D eigenvalue weighted by molar-refractivity contribution is 7.89. The number of hydrogen-bond donors (Lipinski definition) is 3. The smallest absolute Gasteiger partial charge is 0.244 e. The van der Waals surface area contributed by atoms with Gasteiger partial charge in [-0.3, -0.25) is 5.10 Å². The van der Waals surface area contributed by atoms with E-state index in [1.165, 1.54) is 12.8 Å². The summed E-state index contributed by atoms with van der Waals surface area (Å²) in [6.45, 7) is 4.96. The van der Waals surface area contributed by atoms with Gasteiger partial charge in [-0.15, -0.1) is 0 Å². The highest BCUT2D eigenvalue weighted by Gasteiger charge is 2.26. The maximum Gasteiger partial charge on any atom is 0.244 e. The summed E-state index contributed by atoms with van der Waals surface area (Å²) in [5.74, 6) is 1.23. The molecule has 0 saturated heterocycles. The monoisotopic (exact) mass is 314 g/mol. The van der Waals surface area contributed by atoms with Crippen LogP contribution >= 0.6 is 0 Å². The minimum atomic E-state index is -3.50. The van der Waals surface area contributed by atoms with Crippen LogP contribution in [0.4, 0.5) is 0 Å². The quantitative estimate of drug-likeness (QED) is 0.743. The Hall–Kier alpha value is -0.920. The molecule has 1 fully saturated rings. The third-order valence-electron chi connectivity index (χ3n) is 4.27. The Morgan fingerprint density at radius 2 is 1.95 bits per heavy atom. The zero-order valence-corrected chi connectivity index (χ0v) is 13.9. The maximum absolute atomic E-state index is 12.5. The number of nitrogens with zero attached hydrogens (tertiary/aromatic N) is 1. The lowest BCUT2D eigenvalue weighted by molar-refractivity contribution is 0.290. The van der Waals surface area contributed by atoms with Crippen LogP contribution in [0.2, 0.25) is 0 Å². The molecule has 0 amide bonds. The summed E-state index contributed by atoms with van der Waals surface area (Å²) in [6, 6.07) is 0. The Kier molecular flexibility index (Phi) is 5.40. The van der Waals surface area contributed by atoms with Gasteiger partial charge in [0.25, 0.3) is 0 Å². The summed E-state index contributed by atoms with van der Waals surface area (Å²) >= 11 is 0. The normalized spacial score (nSPS) is 23.4. The van der Waals surface area contributed by atoms with E-state index in [0.717, 1.165) is 18.8 Å². The fraction of sp³-hybridized carbons (Fsp3) is 0.786. The number of H-pyrrole nitrogens is 1. The first kappa shape index (κ1) is 16.5. The second-order valence-electron chi connectivity index (χ2n) is 6.13. The molecular weight excluding hydrogens is 288 g/mol. The molecule has 7 heteroatoms. The van der Waals surface area contributed by atoms with Crippen LogP contribution in [0, 0.1) is 18.8 Å². The van der Waals surface area contributed by atoms with Gasteiger partial charge in [0.2, 0.25) is 10.0 Å². The molecule has 0 unspecified atom stereocenters. The van der Waals surface area contributed by atoms with E-state index in [4.69, 9.17) is 0 Å². The Morgan fingerprint density at radius 3 is 2.57 bits per heavy atom. The molecule has 1 aromatic heterocycles. The highest BCUT2D eigenvalue weighted by atomic mass is 32.2. The SMILES string of the molecule is CNCc1n[nH]c(C)c1S(=O)(=O)NCC1CCC(C)CC1. The van der Waals surface area contributed by atoms with Crippen molar-refractivity contribution in [2.24, 2.45) is 11.8 Å². The van der Waals surface area contributed by atoms with E-state index in [0.29, 0.717) is 35.3 Å². The number of nitrogens with one attached hydrogen (secondary N) is 3. The van der Waals surface area contributed by atoms with Gasteiger partial charge in [0, 0.05) is 13.1 Å². The fourth-order valence-electron chi connectivity index (χ4n) is 2.95. The van der Waals surface area contributed by atoms with Crippen LogP contribution in [0.15, 0.2) is 4.90 Å². The minimum Gasteiger partial charge on any atom is -0.314 e. The number of sulfonamides is 1. The third-order valence-corrected chi connectivity index (χ3v) is 5.90. The molecule has 120 valence electrons. The second-order valence-corrected chi connectivity index (χ2v) is 7.84. The maximum atomic E-state index is 12.5. The predicted molar refractivity (Wildman–Crippen MR) is 82.4 cm³/mol. The van der Waals surface area contributed by atoms with Gasteiger partial charge in [-0.2, -0.15) is 5.10 Å². The first-order chi connectivity index (χ1) is 9.94. The van der Waals surface area contributed by atoms with Gasteiger partial charge in [0.05, 0.1) is 11.4 Å². The Labute approximate surface area is 127 Å². The number of hydrogen-bond acceptors (Lipinski definition) is 4. The molecule has 0 spiro atoms. The first-order valence-electron chi connectivity index (χ1n) is 7.62. The van der Waals surface area contributed by atoms with Crippen molar-refractivity contribution >= 4 is 10.0 Å². The van der Waals surface area contributed by atoms with Gasteiger partial charge in [0.1, 0.15) is 4.90 Å². The van der Waals surface area contributed by atoms with Crippen molar-refractivity contribution < 1.29 is 8.42 Å². The van der Waals surface area contributed by atoms with E-state index in [1.54, 1.807) is 14.0 Å². The summed E-state index contributed by atoms with van der Waals surface area (Å²) in [5, 5.41) is 9.78. The molecule has 0 aliphatic heterocycles. The number of aromatic amines is 1. The van der Waals surface area contributed by atoms with Gasteiger partial charge in [-0.1, -0.05) is 19.8 Å². The van der Waals surface area contributed by atoms with Crippen LogP contribution in [-0.2, 0) is 16.6 Å². The molecule has 0 radical (unpaired) electrons. The predicted octanol–water partition coefficient (Wildman–Crippen LogP) is 1.54. The van der Waals surface area contributed by atoms with Gasteiger partial charge < -0.3 is 5.32 Å². The van der Waals surface area contributed by atoms with E-state index in [-0.39, 0.29) is 0 Å². The zero-order chi connectivity index (χ0) is 15.5. The largest absolute Gasteiger partial charge is 0.314 e. The van der Waals surface area contributed by atoms with Crippen LogP contribution in [0.25, 0.3) is 0 Å². The average Bonchev–Trinajstić information content (AvgIpc) is 2.80. The van der Waals surface area contributed by atoms with Crippen molar-refractivity contribution in [3.8, 4) is 0 Å². The molecule has 0 bridgehead atoms. The second kappa shape index (κ2) is 6.89. The molecule has 21 heavy (non-hydrogen) atoms. The van der Waals surface area contributed by atoms with Gasteiger partial charge in [-0.25, -0.2) is 13.1 Å². The van der Waals surface area contributed by atoms with Gasteiger partial charge in [0.15, 0.2) is 0 Å². The number of rotatable bonds is 6. The Balaban J connectivity index is 2.03. The molecule has 6 nitrogen and oxygen atoms in total. The molecule has 0 atom stereocenters. The van der Waals surface area contributed by atoms with Crippen molar-refractivity contribution in [2.45, 2.75) is 51.0 Å². The summed E-state index contributed by atoms with van der Waals surface area (Å²) in [5.41, 5.74) is 1.13. The van der Waals surface area contributed by atoms with Crippen LogP contribution in [0.5, 0.6) is 0 Å². The fourth-order valence-corrected chi connectivity index (χ4v) is 4.42. The van der Waals surface area contributed by atoms with Gasteiger partial charge >= 0.3 is 0 Å². The summed E-state index contributed by atoms with van der Waals surface area (Å²) < 4.78 is 27.8. The molecular formula is C14H26N4O2S. The standard InChI is InChI=1S/C14H26N4O2S/c1-10-4-6-12(7-5-10)8-16-21(19,20)14-11(2)17-18-13(14)9-15-3/h10,12,15-16H,4-9H2,1-3H3,(H,17,18). The third kappa shape index (κ3) is 4.05. The highest BCUT2D eigenvalue weighted by Crippen LogP contribution is 2.28. The van der Waals surface area contributed by atoms with Crippen molar-refractivity contribution in [3.63, 3.8) is 0 Å². The van der Waals surface area contributed by atoms with E-state index >= 15 is 0 Å². The molecule has 1 heterocycles. The lowest BCUT2D eigenvalue weighted by atomic mass is 9.83. The topological polar surface area (TPSA) is 86.9 Å². The lowest BCUT2D eigenvalue weighted by Gasteiger charge is -2.26. The van der Waals surface area contributed by atoms with Crippen molar-refractivity contribution in [3.05, 3.63) is 11.4 Å². The Bertz CT molecular complexity index is 560. The van der Waals surface area contributed by atoms with E-state index in [1.807, 2.05) is 0 Å². The summed E-state index contributed by atoms with van der Waals surface area (Å²) in [6.07, 6.45) is 4.61. The number of aromatic nitrogens is 2. The molecule has 1 aromatic rings. The van der Waals surface area contributed by atoms with Crippen LogP contribution in [0.1, 0.15) is 44.0 Å². The lowest BCUT2D eigenvalue weighted by Crippen LogP contribution is -2.32. The van der Waals surface area contributed by atoms with Crippen molar-refractivity contribution in [1.29, 1.82) is 0 Å². The van der Waals surface area contributed by atoms with Crippen LogP contribution in [0.3, 0.4) is 0 Å². The molecule has 0 aromatic carbocycles. The van der Waals surface area contributed by atoms with E-state index < -0.39 is 10.0 Å². The first-order valence-corrected chi connectivity index (χ1v) is 9.10. The van der Waals surface area contributed by atoms with E-state index in [9.17, 15) is 8.42 Å². The molecule has 3 N–H and O–H groups in total. The van der Waals surface area contributed by atoms with E-state index in [2.05, 4.69) is 27.2 Å².